The zero-order valence-electron chi connectivity index (χ0n) is 15.3. The summed E-state index contributed by atoms with van der Waals surface area (Å²) in [5.74, 6) is 1.39. The van der Waals surface area contributed by atoms with Gasteiger partial charge in [0, 0.05) is 36.9 Å². The highest BCUT2D eigenvalue weighted by atomic mass is 35.5. The molecule has 0 bridgehead atoms. The number of hydrogen-bond acceptors (Lipinski definition) is 6. The Labute approximate surface area is 167 Å². The smallest absolute Gasteiger partial charge is 0.227 e. The maximum atomic E-state index is 12.7. The van der Waals surface area contributed by atoms with Gasteiger partial charge in [-0.25, -0.2) is 4.98 Å². The van der Waals surface area contributed by atoms with Crippen LogP contribution in [0.4, 0.5) is 0 Å². The minimum absolute atomic E-state index is 0.101. The van der Waals surface area contributed by atoms with Gasteiger partial charge in [-0.3, -0.25) is 9.78 Å². The molecule has 4 rings (SSSR count). The number of aromatic nitrogens is 4. The van der Waals surface area contributed by atoms with Crippen LogP contribution in [0.15, 0.2) is 47.4 Å². The molecule has 8 heteroatoms. The Hall–Kier alpha value is -2.80. The second kappa shape index (κ2) is 8.48. The Kier molecular flexibility index (Phi) is 5.62. The van der Waals surface area contributed by atoms with E-state index in [4.69, 9.17) is 16.1 Å². The standard InChI is InChI=1S/C20H20ClN5O2/c21-16-6-2-1-5-15(16)11-19(27)26-9-3-4-14(13-26)10-18-24-20(25-28-18)17-12-22-7-8-23-17/h1-2,5-8,12,14H,3-4,9-11,13H2/t14-/m0/s1. The average molecular weight is 398 g/mol. The Morgan fingerprint density at radius 2 is 2.18 bits per heavy atom. The molecule has 1 atom stereocenters. The fourth-order valence-electron chi connectivity index (χ4n) is 3.48. The van der Waals surface area contributed by atoms with Crippen LogP contribution in [0.25, 0.3) is 11.5 Å². The number of carbonyl (C=O) groups is 1. The van der Waals surface area contributed by atoms with E-state index < -0.39 is 0 Å². The van der Waals surface area contributed by atoms with Gasteiger partial charge in [-0.15, -0.1) is 0 Å². The molecule has 0 spiro atoms. The van der Waals surface area contributed by atoms with Crippen molar-refractivity contribution in [1.82, 2.24) is 25.0 Å². The number of hydrogen-bond donors (Lipinski definition) is 0. The average Bonchev–Trinajstić information content (AvgIpc) is 3.19. The van der Waals surface area contributed by atoms with Gasteiger partial charge in [-0.05, 0) is 30.4 Å². The van der Waals surface area contributed by atoms with E-state index in [1.54, 1.807) is 18.6 Å². The summed E-state index contributed by atoms with van der Waals surface area (Å²) in [4.78, 5) is 27.2. The lowest BCUT2D eigenvalue weighted by molar-refractivity contribution is -0.132. The number of piperidine rings is 1. The quantitative estimate of drug-likeness (QED) is 0.657. The first-order chi connectivity index (χ1) is 13.7. The Balaban J connectivity index is 1.37. The first-order valence-corrected chi connectivity index (χ1v) is 9.67. The lowest BCUT2D eigenvalue weighted by atomic mass is 9.94. The summed E-state index contributed by atoms with van der Waals surface area (Å²) in [6.45, 7) is 1.46. The molecule has 3 heterocycles. The van der Waals surface area contributed by atoms with E-state index in [0.29, 0.717) is 47.7 Å². The van der Waals surface area contributed by atoms with Crippen molar-refractivity contribution in [2.45, 2.75) is 25.7 Å². The fraction of sp³-hybridized carbons (Fsp3) is 0.350. The van der Waals surface area contributed by atoms with E-state index in [1.165, 1.54) is 0 Å². The third kappa shape index (κ3) is 4.36. The highest BCUT2D eigenvalue weighted by molar-refractivity contribution is 6.31. The maximum Gasteiger partial charge on any atom is 0.227 e. The van der Waals surface area contributed by atoms with Crippen LogP contribution < -0.4 is 0 Å². The van der Waals surface area contributed by atoms with Crippen molar-refractivity contribution in [3.63, 3.8) is 0 Å². The van der Waals surface area contributed by atoms with E-state index in [9.17, 15) is 4.79 Å². The second-order valence-corrected chi connectivity index (χ2v) is 7.33. The molecule has 2 aromatic heterocycles. The summed E-state index contributed by atoms with van der Waals surface area (Å²) in [6, 6.07) is 7.48. The molecule has 1 aliphatic heterocycles. The second-order valence-electron chi connectivity index (χ2n) is 6.92. The van der Waals surface area contributed by atoms with Crippen molar-refractivity contribution >= 4 is 17.5 Å². The molecule has 1 aromatic carbocycles. The first kappa shape index (κ1) is 18.6. The molecule has 7 nitrogen and oxygen atoms in total. The van der Waals surface area contributed by atoms with Crippen LogP contribution in [0.2, 0.25) is 5.02 Å². The van der Waals surface area contributed by atoms with Crippen LogP contribution in [0.5, 0.6) is 0 Å². The monoisotopic (exact) mass is 397 g/mol. The van der Waals surface area contributed by atoms with Gasteiger partial charge in [-0.1, -0.05) is 35.0 Å². The molecule has 3 aromatic rings. The zero-order valence-corrected chi connectivity index (χ0v) is 16.0. The molecular formula is C20H20ClN5O2. The van der Waals surface area contributed by atoms with Crippen molar-refractivity contribution in [3.8, 4) is 11.5 Å². The van der Waals surface area contributed by atoms with Crippen molar-refractivity contribution in [3.05, 3.63) is 59.3 Å². The number of rotatable bonds is 5. The van der Waals surface area contributed by atoms with Gasteiger partial charge in [0.25, 0.3) is 0 Å². The zero-order chi connectivity index (χ0) is 19.3. The highest BCUT2D eigenvalue weighted by Gasteiger charge is 2.26. The minimum atomic E-state index is 0.101. The summed E-state index contributed by atoms with van der Waals surface area (Å²) < 4.78 is 5.38. The summed E-state index contributed by atoms with van der Waals surface area (Å²) in [7, 11) is 0. The largest absolute Gasteiger partial charge is 0.342 e. The number of halogens is 1. The topological polar surface area (TPSA) is 85.0 Å². The number of nitrogens with zero attached hydrogens (tertiary/aromatic N) is 5. The molecule has 1 fully saturated rings. The summed E-state index contributed by atoms with van der Waals surface area (Å²) >= 11 is 6.19. The number of carbonyl (C=O) groups excluding carboxylic acids is 1. The number of likely N-dealkylation sites (tertiary alicyclic amines) is 1. The minimum Gasteiger partial charge on any atom is -0.342 e. The van der Waals surface area contributed by atoms with Gasteiger partial charge >= 0.3 is 0 Å². The van der Waals surface area contributed by atoms with Crippen molar-refractivity contribution in [2.24, 2.45) is 5.92 Å². The van der Waals surface area contributed by atoms with Crippen LogP contribution in [-0.4, -0.2) is 44.0 Å². The molecule has 0 aliphatic carbocycles. The van der Waals surface area contributed by atoms with Gasteiger partial charge in [0.15, 0.2) is 0 Å². The summed E-state index contributed by atoms with van der Waals surface area (Å²) in [5.41, 5.74) is 1.44. The van der Waals surface area contributed by atoms with Crippen LogP contribution in [0.3, 0.4) is 0 Å². The van der Waals surface area contributed by atoms with Gasteiger partial charge in [0.2, 0.25) is 17.6 Å². The Morgan fingerprint density at radius 3 is 3.00 bits per heavy atom. The molecule has 0 saturated carbocycles. The van der Waals surface area contributed by atoms with Crippen LogP contribution >= 0.6 is 11.6 Å². The van der Waals surface area contributed by atoms with Crippen molar-refractivity contribution in [2.75, 3.05) is 13.1 Å². The third-order valence-corrected chi connectivity index (χ3v) is 5.26. The highest BCUT2D eigenvalue weighted by Crippen LogP contribution is 2.23. The summed E-state index contributed by atoms with van der Waals surface area (Å²) in [5, 5.41) is 4.62. The molecule has 1 amide bonds. The number of amides is 1. The SMILES string of the molecule is O=C(Cc1ccccc1Cl)N1CCC[C@@H](Cc2nc(-c3cnccn3)no2)C1. The van der Waals surface area contributed by atoms with Crippen molar-refractivity contribution in [1.29, 1.82) is 0 Å². The van der Waals surface area contributed by atoms with E-state index in [0.717, 1.165) is 24.9 Å². The van der Waals surface area contributed by atoms with E-state index in [2.05, 4.69) is 20.1 Å². The van der Waals surface area contributed by atoms with Crippen LogP contribution in [-0.2, 0) is 17.6 Å². The van der Waals surface area contributed by atoms with Crippen LogP contribution in [0, 0.1) is 5.92 Å². The molecule has 1 saturated heterocycles. The van der Waals surface area contributed by atoms with Crippen molar-refractivity contribution < 1.29 is 9.32 Å². The third-order valence-electron chi connectivity index (χ3n) is 4.89. The van der Waals surface area contributed by atoms with Gasteiger partial charge in [0.05, 0.1) is 12.6 Å². The normalized spacial score (nSPS) is 16.9. The van der Waals surface area contributed by atoms with E-state index in [1.807, 2.05) is 29.2 Å². The fourth-order valence-corrected chi connectivity index (χ4v) is 3.68. The predicted molar refractivity (Wildman–Crippen MR) is 103 cm³/mol. The Morgan fingerprint density at radius 1 is 1.29 bits per heavy atom. The molecule has 144 valence electrons. The molecular weight excluding hydrogens is 378 g/mol. The lowest BCUT2D eigenvalue weighted by Crippen LogP contribution is -2.41. The van der Waals surface area contributed by atoms with Gasteiger partial charge in [-0.2, -0.15) is 4.98 Å². The molecule has 0 unspecified atom stereocenters. The Bertz CT molecular complexity index is 947. The van der Waals surface area contributed by atoms with E-state index in [-0.39, 0.29) is 5.91 Å². The van der Waals surface area contributed by atoms with Gasteiger partial charge in [0.1, 0.15) is 5.69 Å². The summed E-state index contributed by atoms with van der Waals surface area (Å²) in [6.07, 6.45) is 7.75. The van der Waals surface area contributed by atoms with Gasteiger partial charge < -0.3 is 9.42 Å². The lowest BCUT2D eigenvalue weighted by Gasteiger charge is -2.32. The number of benzene rings is 1. The molecule has 0 N–H and O–H groups in total. The van der Waals surface area contributed by atoms with Crippen LogP contribution in [0.1, 0.15) is 24.3 Å². The molecule has 28 heavy (non-hydrogen) atoms. The molecule has 1 aliphatic rings. The first-order valence-electron chi connectivity index (χ1n) is 9.29. The maximum absolute atomic E-state index is 12.7. The van der Waals surface area contributed by atoms with E-state index >= 15 is 0 Å². The molecule has 0 radical (unpaired) electrons. The predicted octanol–water partition coefficient (Wildman–Crippen LogP) is 3.20.